The minimum Gasteiger partial charge on any atom is -0.373 e. The summed E-state index contributed by atoms with van der Waals surface area (Å²) in [5.74, 6) is 0. The molecule has 0 N–H and O–H groups in total. The molecule has 98 valence electrons. The number of fused-ring (bicyclic) bond motifs is 2. The molecule has 0 saturated carbocycles. The largest absolute Gasteiger partial charge is 0.373 e. The molecule has 0 saturated heterocycles. The summed E-state index contributed by atoms with van der Waals surface area (Å²) < 4.78 is 0. The molecule has 2 aromatic carbocycles. The van der Waals surface area contributed by atoms with Crippen molar-refractivity contribution in [3.8, 4) is 0 Å². The Hall–Kier alpha value is -3.27. The van der Waals surface area contributed by atoms with Gasteiger partial charge in [0.1, 0.15) is 0 Å². The van der Waals surface area contributed by atoms with E-state index in [1.807, 2.05) is 36.4 Å². The van der Waals surface area contributed by atoms with E-state index >= 15 is 0 Å². The van der Waals surface area contributed by atoms with Crippen molar-refractivity contribution in [1.82, 2.24) is 4.98 Å². The molecular weight excluding hydrogens is 254 g/mol. The van der Waals surface area contributed by atoms with Gasteiger partial charge in [-0.05, 0) is 18.2 Å². The van der Waals surface area contributed by atoms with Gasteiger partial charge in [-0.1, -0.05) is 36.4 Å². The van der Waals surface area contributed by atoms with Crippen LogP contribution in [0.25, 0.3) is 53.8 Å². The minimum absolute atomic E-state index is 1.06. The third kappa shape index (κ3) is 3.89. The van der Waals surface area contributed by atoms with E-state index in [0.29, 0.717) is 0 Å². The fourth-order valence-corrected chi connectivity index (χ4v) is 1.72. The lowest BCUT2D eigenvalue weighted by Crippen LogP contribution is -1.80. The molecule has 0 aliphatic heterocycles. The molecule has 0 unspecified atom stereocenters. The van der Waals surface area contributed by atoms with Crippen LogP contribution in [-0.4, -0.2) is 4.98 Å². The molecule has 7 nitrogen and oxygen atoms in total. The highest BCUT2D eigenvalue weighted by Gasteiger charge is 1.96. The summed E-state index contributed by atoms with van der Waals surface area (Å²) in [6.07, 6.45) is 0. The van der Waals surface area contributed by atoms with Gasteiger partial charge < -0.3 is 22.1 Å². The Morgan fingerprint density at radius 2 is 1.00 bits per heavy atom. The zero-order chi connectivity index (χ0) is 14.8. The summed E-state index contributed by atoms with van der Waals surface area (Å²) in [5.41, 5.74) is 29.1. The van der Waals surface area contributed by atoms with Crippen molar-refractivity contribution >= 4 is 21.8 Å². The Morgan fingerprint density at radius 1 is 0.650 bits per heavy atom. The highest BCUT2D eigenvalue weighted by Crippen LogP contribution is 2.18. The first-order valence-corrected chi connectivity index (χ1v) is 5.48. The summed E-state index contributed by atoms with van der Waals surface area (Å²) in [6, 6.07) is 18.6. The lowest BCUT2D eigenvalue weighted by atomic mass is 10.1. The first kappa shape index (κ1) is 14.8. The van der Waals surface area contributed by atoms with E-state index in [0.717, 1.165) is 11.0 Å². The van der Waals surface area contributed by atoms with E-state index in [9.17, 15) is 0 Å². The molecule has 0 radical (unpaired) electrons. The Kier molecular flexibility index (Phi) is 5.87. The first-order chi connectivity index (χ1) is 9.76. The fourth-order valence-electron chi connectivity index (χ4n) is 1.72. The average molecular weight is 263 g/mol. The monoisotopic (exact) mass is 263 g/mol. The maximum atomic E-state index is 6.75. The van der Waals surface area contributed by atoms with Crippen LogP contribution in [-0.2, 0) is 0 Å². The molecule has 0 bridgehead atoms. The minimum atomic E-state index is 1.06. The van der Waals surface area contributed by atoms with Crippen molar-refractivity contribution in [1.29, 1.82) is 0 Å². The van der Waals surface area contributed by atoms with Gasteiger partial charge in [0.15, 0.2) is 0 Å². The molecule has 1 aromatic heterocycles. The molecule has 3 aromatic rings. The molecule has 0 amide bonds. The van der Waals surface area contributed by atoms with Crippen LogP contribution in [0.15, 0.2) is 54.6 Å². The van der Waals surface area contributed by atoms with Crippen LogP contribution >= 0.6 is 0 Å². The lowest BCUT2D eigenvalue weighted by Gasteiger charge is -1.99. The van der Waals surface area contributed by atoms with Gasteiger partial charge in [0, 0.05) is 10.8 Å². The average Bonchev–Trinajstić information content (AvgIpc) is 2.47. The number of benzene rings is 2. The second-order valence-corrected chi connectivity index (χ2v) is 3.55. The van der Waals surface area contributed by atoms with Gasteiger partial charge >= 0.3 is 0 Å². The van der Waals surface area contributed by atoms with Gasteiger partial charge in [0.05, 0.1) is 11.0 Å². The number of rotatable bonds is 0. The van der Waals surface area contributed by atoms with Crippen LogP contribution in [0.3, 0.4) is 0 Å². The predicted molar refractivity (Wildman–Crippen MR) is 79.4 cm³/mol. The zero-order valence-electron chi connectivity index (χ0n) is 10.3. The van der Waals surface area contributed by atoms with Gasteiger partial charge in [-0.3, -0.25) is 9.82 Å². The number of nitrogens with zero attached hydrogens (tertiary/aromatic N) is 7. The number of hydrogen-bond acceptors (Lipinski definition) is 1. The fraction of sp³-hybridized carbons (Fsp3) is 0. The molecule has 3 rings (SSSR count). The molecule has 0 atom stereocenters. The highest BCUT2D eigenvalue weighted by molar-refractivity contribution is 5.92. The Balaban J connectivity index is 0.000000290. The Labute approximate surface area is 114 Å². The van der Waals surface area contributed by atoms with E-state index < -0.39 is 0 Å². The lowest BCUT2D eigenvalue weighted by molar-refractivity contribution is 1.50. The van der Waals surface area contributed by atoms with Crippen LogP contribution in [0.2, 0.25) is 0 Å². The molecule has 0 fully saturated rings. The summed E-state index contributed by atoms with van der Waals surface area (Å²) in [6.45, 7) is 0. The van der Waals surface area contributed by atoms with Crippen molar-refractivity contribution in [3.05, 3.63) is 86.5 Å². The summed E-state index contributed by atoms with van der Waals surface area (Å²) >= 11 is 0. The Bertz CT molecular complexity index is 653. The van der Waals surface area contributed by atoms with E-state index in [1.165, 1.54) is 20.6 Å². The Morgan fingerprint density at radius 3 is 1.40 bits per heavy atom. The van der Waals surface area contributed by atoms with Gasteiger partial charge in [-0.25, -0.2) is 4.98 Å². The van der Waals surface area contributed by atoms with E-state index in [-0.39, 0.29) is 0 Å². The number of para-hydroxylation sites is 2. The molecule has 0 aliphatic rings. The summed E-state index contributed by atoms with van der Waals surface area (Å²) in [4.78, 5) is 7.58. The predicted octanol–water partition coefficient (Wildman–Crippen LogP) is 5.12. The van der Waals surface area contributed by atoms with Crippen LogP contribution in [0.4, 0.5) is 0 Å². The number of pyridine rings is 1. The molecule has 0 spiro atoms. The van der Waals surface area contributed by atoms with E-state index in [1.54, 1.807) is 0 Å². The van der Waals surface area contributed by atoms with Crippen LogP contribution in [0, 0.1) is 0 Å². The SMILES string of the molecule is [N-]=[N+]=[N-].[N-]=[N+]=[N-].c1ccc2nc3ccccc3cc2c1. The number of hydrogen-bond donors (Lipinski definition) is 0. The van der Waals surface area contributed by atoms with Crippen molar-refractivity contribution < 1.29 is 0 Å². The topological polar surface area (TPSA) is 130 Å². The van der Waals surface area contributed by atoms with Gasteiger partial charge in [-0.15, -0.1) is 0 Å². The second kappa shape index (κ2) is 7.94. The smallest absolute Gasteiger partial charge is 0.0709 e. The normalized spacial score (nSPS) is 8.40. The van der Waals surface area contributed by atoms with Gasteiger partial charge in [-0.2, -0.15) is 0 Å². The quantitative estimate of drug-likeness (QED) is 0.237. The maximum absolute atomic E-state index is 6.75. The van der Waals surface area contributed by atoms with Crippen LogP contribution in [0.1, 0.15) is 0 Å². The van der Waals surface area contributed by atoms with E-state index in [2.05, 4.69) is 23.2 Å². The molecule has 20 heavy (non-hydrogen) atoms. The highest BCUT2D eigenvalue weighted by atomic mass is 15.0. The molecule has 7 heteroatoms. The summed E-state index contributed by atoms with van der Waals surface area (Å²) in [5, 5.41) is 2.40. The molecule has 1 heterocycles. The third-order valence-corrected chi connectivity index (χ3v) is 2.43. The van der Waals surface area contributed by atoms with Crippen LogP contribution in [0.5, 0.6) is 0 Å². The third-order valence-electron chi connectivity index (χ3n) is 2.43. The first-order valence-electron chi connectivity index (χ1n) is 5.48. The molecular formula is C13H9N7-2. The standard InChI is InChI=1S/C13H9N.2N3/c1-3-7-12-10(5-1)9-11-6-2-4-8-13(11)14-12;2*1-3-2/h1-9H;;/q;2*-1. The van der Waals surface area contributed by atoms with Gasteiger partial charge in [0.25, 0.3) is 0 Å². The maximum Gasteiger partial charge on any atom is 0.0709 e. The zero-order valence-corrected chi connectivity index (χ0v) is 10.3. The second-order valence-electron chi connectivity index (χ2n) is 3.55. The van der Waals surface area contributed by atoms with Crippen LogP contribution < -0.4 is 0 Å². The number of aromatic nitrogens is 1. The van der Waals surface area contributed by atoms with Crippen molar-refractivity contribution in [3.63, 3.8) is 0 Å². The van der Waals surface area contributed by atoms with Crippen molar-refractivity contribution in [2.75, 3.05) is 0 Å². The summed E-state index contributed by atoms with van der Waals surface area (Å²) in [7, 11) is 0. The molecule has 0 aliphatic carbocycles. The van der Waals surface area contributed by atoms with Crippen molar-refractivity contribution in [2.24, 2.45) is 0 Å². The van der Waals surface area contributed by atoms with Gasteiger partial charge in [0.2, 0.25) is 0 Å². The van der Waals surface area contributed by atoms with Crippen molar-refractivity contribution in [2.45, 2.75) is 0 Å². The van der Waals surface area contributed by atoms with E-state index in [4.69, 9.17) is 22.1 Å².